The lowest BCUT2D eigenvalue weighted by molar-refractivity contribution is -0.146. The van der Waals surface area contributed by atoms with E-state index in [0.717, 1.165) is 0 Å². The summed E-state index contributed by atoms with van der Waals surface area (Å²) in [6, 6.07) is 0. The van der Waals surface area contributed by atoms with Crippen LogP contribution in [0.3, 0.4) is 0 Å². The van der Waals surface area contributed by atoms with E-state index in [4.69, 9.17) is 15.9 Å². The maximum Gasteiger partial charge on any atom is 0.332 e. The predicted octanol–water partition coefficient (Wildman–Crippen LogP) is -0.833. The number of carbonyl (C=O) groups excluding carboxylic acids is 1. The summed E-state index contributed by atoms with van der Waals surface area (Å²) in [5, 5.41) is 22.1. The van der Waals surface area contributed by atoms with Gasteiger partial charge in [0.25, 0.3) is 5.91 Å². The van der Waals surface area contributed by atoms with Gasteiger partial charge in [-0.05, 0) is 0 Å². The van der Waals surface area contributed by atoms with Gasteiger partial charge in [-0.1, -0.05) is 0 Å². The fourth-order valence-corrected chi connectivity index (χ4v) is 1.70. The van der Waals surface area contributed by atoms with Crippen LogP contribution < -0.4 is 11.1 Å². The first-order valence-corrected chi connectivity index (χ1v) is 5.76. The third-order valence-electron chi connectivity index (χ3n) is 1.95. The van der Waals surface area contributed by atoms with Gasteiger partial charge in [-0.3, -0.25) is 4.79 Å². The van der Waals surface area contributed by atoms with E-state index in [-0.39, 0.29) is 25.2 Å². The van der Waals surface area contributed by atoms with Gasteiger partial charge in [0.2, 0.25) is 0 Å². The minimum absolute atomic E-state index is 0.0467. The molecular weight excluding hydrogens is 246 g/mol. The van der Waals surface area contributed by atoms with Crippen LogP contribution in [0, 0.1) is 0 Å². The van der Waals surface area contributed by atoms with E-state index in [2.05, 4.69) is 10.3 Å². The fourth-order valence-electron chi connectivity index (χ4n) is 1.05. The van der Waals surface area contributed by atoms with Gasteiger partial charge in [0.1, 0.15) is 10.7 Å². The molecule has 94 valence electrons. The van der Waals surface area contributed by atoms with Gasteiger partial charge >= 0.3 is 5.97 Å². The number of aliphatic carboxylic acids is 1. The summed E-state index contributed by atoms with van der Waals surface area (Å²) >= 11 is 1.28. The Balaban J connectivity index is 2.37. The van der Waals surface area contributed by atoms with Crippen molar-refractivity contribution in [1.29, 1.82) is 0 Å². The number of carboxylic acid groups (broad SMARTS) is 1. The topological polar surface area (TPSA) is 126 Å². The smallest absolute Gasteiger partial charge is 0.332 e. The molecule has 7 nitrogen and oxygen atoms in total. The summed E-state index contributed by atoms with van der Waals surface area (Å²) in [5.41, 5.74) is 5.60. The largest absolute Gasteiger partial charge is 0.479 e. The van der Waals surface area contributed by atoms with Crippen LogP contribution in [-0.4, -0.2) is 39.7 Å². The lowest BCUT2D eigenvalue weighted by atomic mass is 10.2. The van der Waals surface area contributed by atoms with Crippen LogP contribution in [0.25, 0.3) is 0 Å². The number of nitrogens with one attached hydrogen (secondary N) is 1. The normalized spacial score (nSPS) is 12.1. The molecule has 1 amide bonds. The van der Waals surface area contributed by atoms with Crippen LogP contribution in [0.1, 0.15) is 21.9 Å². The van der Waals surface area contributed by atoms with Gasteiger partial charge < -0.3 is 21.3 Å². The van der Waals surface area contributed by atoms with Crippen molar-refractivity contribution in [3.05, 3.63) is 16.1 Å². The van der Waals surface area contributed by atoms with Crippen molar-refractivity contribution in [2.45, 2.75) is 19.1 Å². The zero-order chi connectivity index (χ0) is 12.8. The van der Waals surface area contributed by atoms with Crippen molar-refractivity contribution >= 4 is 23.2 Å². The first-order valence-electron chi connectivity index (χ1n) is 4.88. The molecule has 5 N–H and O–H groups in total. The molecule has 1 aromatic rings. The summed E-state index contributed by atoms with van der Waals surface area (Å²) in [4.78, 5) is 25.8. The van der Waals surface area contributed by atoms with Crippen molar-refractivity contribution in [3.63, 3.8) is 0 Å². The van der Waals surface area contributed by atoms with Crippen LogP contribution in [-0.2, 0) is 11.3 Å². The van der Waals surface area contributed by atoms with E-state index in [1.165, 1.54) is 11.3 Å². The van der Waals surface area contributed by atoms with Crippen LogP contribution in [0.15, 0.2) is 5.38 Å². The average Bonchev–Trinajstić information content (AvgIpc) is 2.77. The number of aliphatic hydroxyl groups is 1. The van der Waals surface area contributed by atoms with E-state index in [1.54, 1.807) is 5.38 Å². The molecule has 0 aliphatic carbocycles. The Hall–Kier alpha value is -1.51. The third-order valence-corrected chi connectivity index (χ3v) is 2.82. The van der Waals surface area contributed by atoms with Crippen LogP contribution in [0.2, 0.25) is 0 Å². The third kappa shape index (κ3) is 4.10. The summed E-state index contributed by atoms with van der Waals surface area (Å²) < 4.78 is 0. The number of aliphatic hydroxyl groups excluding tert-OH is 1. The van der Waals surface area contributed by atoms with Crippen molar-refractivity contribution < 1.29 is 19.8 Å². The van der Waals surface area contributed by atoms with E-state index in [0.29, 0.717) is 5.01 Å². The summed E-state index contributed by atoms with van der Waals surface area (Å²) in [7, 11) is 0. The Morgan fingerprint density at radius 1 is 1.59 bits per heavy atom. The molecule has 0 aromatic carbocycles. The highest BCUT2D eigenvalue weighted by atomic mass is 32.1. The van der Waals surface area contributed by atoms with Crippen molar-refractivity contribution in [3.8, 4) is 0 Å². The van der Waals surface area contributed by atoms with Crippen LogP contribution in [0.5, 0.6) is 0 Å². The van der Waals surface area contributed by atoms with Crippen molar-refractivity contribution in [2.75, 3.05) is 6.54 Å². The van der Waals surface area contributed by atoms with Gasteiger partial charge in [0, 0.05) is 24.9 Å². The van der Waals surface area contributed by atoms with Crippen molar-refractivity contribution in [2.24, 2.45) is 5.73 Å². The Morgan fingerprint density at radius 3 is 2.82 bits per heavy atom. The van der Waals surface area contributed by atoms with Gasteiger partial charge in [-0.25, -0.2) is 9.78 Å². The first-order chi connectivity index (χ1) is 8.04. The number of carbonyl (C=O) groups is 2. The summed E-state index contributed by atoms with van der Waals surface area (Å²) in [6.07, 6.45) is -1.51. The molecule has 0 bridgehead atoms. The monoisotopic (exact) mass is 259 g/mol. The number of nitrogens with two attached hydrogens (primary N) is 1. The second-order valence-corrected chi connectivity index (χ2v) is 4.17. The number of carboxylic acids is 1. The van der Waals surface area contributed by atoms with Gasteiger partial charge in [0.15, 0.2) is 6.10 Å². The van der Waals surface area contributed by atoms with Crippen molar-refractivity contribution in [1.82, 2.24) is 10.3 Å². The Labute approximate surface area is 101 Å². The lowest BCUT2D eigenvalue weighted by Crippen LogP contribution is -2.30. The highest BCUT2D eigenvalue weighted by molar-refractivity contribution is 7.09. The highest BCUT2D eigenvalue weighted by Crippen LogP contribution is 2.08. The maximum atomic E-state index is 11.5. The Morgan fingerprint density at radius 2 is 2.29 bits per heavy atom. The Bertz CT molecular complexity index is 407. The minimum Gasteiger partial charge on any atom is -0.479 e. The number of aromatic nitrogens is 1. The molecule has 1 aromatic heterocycles. The second-order valence-electron chi connectivity index (χ2n) is 3.23. The van der Waals surface area contributed by atoms with E-state index >= 15 is 0 Å². The molecule has 1 unspecified atom stereocenters. The molecule has 0 aliphatic rings. The quantitative estimate of drug-likeness (QED) is 0.528. The molecule has 1 atom stereocenters. The highest BCUT2D eigenvalue weighted by Gasteiger charge is 2.14. The average molecular weight is 259 g/mol. The van der Waals surface area contributed by atoms with Gasteiger partial charge in [0.05, 0.1) is 0 Å². The molecule has 0 spiro atoms. The number of hydrogen-bond acceptors (Lipinski definition) is 6. The minimum atomic E-state index is -1.47. The van der Waals surface area contributed by atoms with Gasteiger partial charge in [-0.15, -0.1) is 11.3 Å². The van der Waals surface area contributed by atoms with E-state index in [1.807, 2.05) is 0 Å². The van der Waals surface area contributed by atoms with E-state index in [9.17, 15) is 9.59 Å². The standard InChI is InChI=1S/C9H13N3O4S/c10-3-7-12-5(4-17-7)8(14)11-2-1-6(13)9(15)16/h4,6,13H,1-3,10H2,(H,11,14)(H,15,16). The molecule has 0 saturated carbocycles. The number of rotatable bonds is 6. The fraction of sp³-hybridized carbons (Fsp3) is 0.444. The molecule has 0 aliphatic heterocycles. The number of hydrogen-bond donors (Lipinski definition) is 4. The summed E-state index contributed by atoms with van der Waals surface area (Å²) in [6.45, 7) is 0.345. The molecule has 0 radical (unpaired) electrons. The SMILES string of the molecule is NCc1nc(C(=O)NCCC(O)C(=O)O)cs1. The second kappa shape index (κ2) is 6.28. The lowest BCUT2D eigenvalue weighted by Gasteiger charge is -2.05. The molecule has 1 heterocycles. The zero-order valence-electron chi connectivity index (χ0n) is 8.92. The molecule has 0 fully saturated rings. The number of nitrogens with zero attached hydrogens (tertiary/aromatic N) is 1. The first kappa shape index (κ1) is 13.6. The molecule has 0 saturated heterocycles. The number of amides is 1. The van der Waals surface area contributed by atoms with Crippen LogP contribution in [0.4, 0.5) is 0 Å². The molecule has 17 heavy (non-hydrogen) atoms. The van der Waals surface area contributed by atoms with Crippen LogP contribution >= 0.6 is 11.3 Å². The Kier molecular flexibility index (Phi) is 5.01. The molecule has 8 heteroatoms. The zero-order valence-corrected chi connectivity index (χ0v) is 9.74. The number of thiazole rings is 1. The van der Waals surface area contributed by atoms with Gasteiger partial charge in [-0.2, -0.15) is 0 Å². The predicted molar refractivity (Wildman–Crippen MR) is 60.6 cm³/mol. The van der Waals surface area contributed by atoms with E-state index < -0.39 is 18.0 Å². The molecule has 1 rings (SSSR count). The summed E-state index contributed by atoms with van der Waals surface area (Å²) in [5.74, 6) is -1.71. The maximum absolute atomic E-state index is 11.5. The molecular formula is C9H13N3O4S.